The summed E-state index contributed by atoms with van der Waals surface area (Å²) >= 11 is 0. The number of rotatable bonds is 4. The second-order valence-electron chi connectivity index (χ2n) is 6.18. The number of aromatic nitrogens is 2. The highest BCUT2D eigenvalue weighted by Crippen LogP contribution is 2.34. The van der Waals surface area contributed by atoms with Crippen LogP contribution >= 0.6 is 0 Å². The lowest BCUT2D eigenvalue weighted by molar-refractivity contribution is 0.172. The average molecular weight is 260 g/mol. The molecule has 0 spiro atoms. The summed E-state index contributed by atoms with van der Waals surface area (Å²) in [5, 5.41) is 3.62. The zero-order chi connectivity index (χ0) is 13.3. The van der Waals surface area contributed by atoms with Crippen LogP contribution < -0.4 is 5.32 Å². The first-order valence-corrected chi connectivity index (χ1v) is 7.45. The van der Waals surface area contributed by atoms with Gasteiger partial charge >= 0.3 is 0 Å². The molecule has 1 aromatic heterocycles. The third kappa shape index (κ3) is 2.34. The first-order valence-electron chi connectivity index (χ1n) is 7.45. The number of nitrogens with one attached hydrogen (secondary N) is 1. The number of aryl methyl sites for hydroxylation is 1. The molecule has 0 atom stereocenters. The van der Waals surface area contributed by atoms with Crippen molar-refractivity contribution < 1.29 is 0 Å². The predicted molar refractivity (Wildman–Crippen MR) is 77.4 cm³/mol. The summed E-state index contributed by atoms with van der Waals surface area (Å²) in [6.45, 7) is 1.00. The highest BCUT2D eigenvalue weighted by molar-refractivity contribution is 5.48. The van der Waals surface area contributed by atoms with Crippen LogP contribution in [0.15, 0.2) is 6.33 Å². The zero-order valence-electron chi connectivity index (χ0n) is 12.1. The summed E-state index contributed by atoms with van der Waals surface area (Å²) in [4.78, 5) is 11.2. The van der Waals surface area contributed by atoms with E-state index in [2.05, 4.69) is 34.3 Å². The lowest BCUT2D eigenvalue weighted by Gasteiger charge is -2.36. The van der Waals surface area contributed by atoms with Crippen molar-refractivity contribution in [3.8, 4) is 0 Å². The van der Waals surface area contributed by atoms with Gasteiger partial charge in [-0.05, 0) is 46.2 Å². The van der Waals surface area contributed by atoms with Crippen LogP contribution in [0, 0.1) is 0 Å². The Morgan fingerprint density at radius 1 is 1.16 bits per heavy atom. The number of fused-ring (bicyclic) bond motifs is 1. The number of nitrogens with zero attached hydrogens (tertiary/aromatic N) is 3. The Hall–Kier alpha value is -1.16. The molecule has 1 heterocycles. The minimum Gasteiger partial charge on any atom is -0.368 e. The van der Waals surface area contributed by atoms with Gasteiger partial charge in [-0.1, -0.05) is 12.8 Å². The Balaban J connectivity index is 1.74. The van der Waals surface area contributed by atoms with Gasteiger partial charge in [0.15, 0.2) is 0 Å². The fourth-order valence-corrected chi connectivity index (χ4v) is 3.58. The smallest absolute Gasteiger partial charge is 0.132 e. The maximum atomic E-state index is 4.46. The van der Waals surface area contributed by atoms with E-state index in [1.807, 2.05) is 0 Å². The van der Waals surface area contributed by atoms with E-state index in [9.17, 15) is 0 Å². The molecule has 2 aliphatic carbocycles. The molecule has 19 heavy (non-hydrogen) atoms. The molecule has 4 heteroatoms. The Morgan fingerprint density at radius 3 is 2.68 bits per heavy atom. The van der Waals surface area contributed by atoms with Crippen molar-refractivity contribution in [3.63, 3.8) is 0 Å². The molecule has 104 valence electrons. The normalized spacial score (nSPS) is 20.8. The van der Waals surface area contributed by atoms with Crippen LogP contribution in [-0.4, -0.2) is 41.0 Å². The Kier molecular flexibility index (Phi) is 3.44. The molecule has 0 bridgehead atoms. The maximum absolute atomic E-state index is 4.46. The highest BCUT2D eigenvalue weighted by atomic mass is 15.2. The van der Waals surface area contributed by atoms with Crippen LogP contribution in [0.4, 0.5) is 5.82 Å². The van der Waals surface area contributed by atoms with Gasteiger partial charge in [0.25, 0.3) is 0 Å². The monoisotopic (exact) mass is 260 g/mol. The maximum Gasteiger partial charge on any atom is 0.132 e. The Bertz CT molecular complexity index is 449. The third-order valence-corrected chi connectivity index (χ3v) is 4.94. The third-order valence-electron chi connectivity index (χ3n) is 4.94. The summed E-state index contributed by atoms with van der Waals surface area (Å²) in [5.41, 5.74) is 2.92. The molecule has 0 radical (unpaired) electrons. The predicted octanol–water partition coefficient (Wildman–Crippen LogP) is 2.25. The number of likely N-dealkylation sites (N-methyl/N-ethyl adjacent to an activating group) is 1. The summed E-state index contributed by atoms with van der Waals surface area (Å²) < 4.78 is 0. The first-order chi connectivity index (χ1) is 9.21. The van der Waals surface area contributed by atoms with E-state index in [0.29, 0.717) is 5.54 Å². The van der Waals surface area contributed by atoms with Crippen molar-refractivity contribution in [2.45, 2.75) is 50.5 Å². The standard InChI is InChI=1S/C15H24N4/c1-19(2)15(8-3-4-9-15)10-16-14-12-6-5-7-13(12)17-11-18-14/h11H,3-10H2,1-2H3,(H,16,17,18). The van der Waals surface area contributed by atoms with Gasteiger partial charge in [-0.15, -0.1) is 0 Å². The molecule has 0 aromatic carbocycles. The van der Waals surface area contributed by atoms with Crippen molar-refractivity contribution in [1.82, 2.24) is 14.9 Å². The van der Waals surface area contributed by atoms with E-state index >= 15 is 0 Å². The minimum atomic E-state index is 0.316. The van der Waals surface area contributed by atoms with E-state index in [-0.39, 0.29) is 0 Å². The second-order valence-corrected chi connectivity index (χ2v) is 6.18. The van der Waals surface area contributed by atoms with E-state index in [4.69, 9.17) is 0 Å². The van der Waals surface area contributed by atoms with E-state index in [1.165, 1.54) is 43.4 Å². The largest absolute Gasteiger partial charge is 0.368 e. The molecule has 1 fully saturated rings. The summed E-state index contributed by atoms with van der Waals surface area (Å²) in [6.07, 6.45) is 10.5. The summed E-state index contributed by atoms with van der Waals surface area (Å²) in [7, 11) is 4.41. The van der Waals surface area contributed by atoms with E-state index in [1.54, 1.807) is 6.33 Å². The van der Waals surface area contributed by atoms with Gasteiger partial charge < -0.3 is 10.2 Å². The van der Waals surface area contributed by atoms with Gasteiger partial charge in [-0.2, -0.15) is 0 Å². The van der Waals surface area contributed by atoms with Gasteiger partial charge in [-0.25, -0.2) is 9.97 Å². The van der Waals surface area contributed by atoms with Crippen molar-refractivity contribution in [2.75, 3.05) is 26.0 Å². The fraction of sp³-hybridized carbons (Fsp3) is 0.733. The van der Waals surface area contributed by atoms with Crippen molar-refractivity contribution in [3.05, 3.63) is 17.6 Å². The van der Waals surface area contributed by atoms with Gasteiger partial charge in [-0.3, -0.25) is 0 Å². The van der Waals surface area contributed by atoms with Gasteiger partial charge in [0.2, 0.25) is 0 Å². The van der Waals surface area contributed by atoms with Crippen LogP contribution in [0.1, 0.15) is 43.4 Å². The molecule has 3 rings (SSSR count). The molecule has 0 aliphatic heterocycles. The van der Waals surface area contributed by atoms with Crippen LogP contribution in [0.3, 0.4) is 0 Å². The van der Waals surface area contributed by atoms with Crippen LogP contribution in [0.25, 0.3) is 0 Å². The summed E-state index contributed by atoms with van der Waals surface area (Å²) in [5.74, 6) is 1.08. The minimum absolute atomic E-state index is 0.316. The number of hydrogen-bond acceptors (Lipinski definition) is 4. The molecule has 0 amide bonds. The molecule has 0 saturated heterocycles. The van der Waals surface area contributed by atoms with Crippen molar-refractivity contribution in [2.24, 2.45) is 0 Å². The topological polar surface area (TPSA) is 41.0 Å². The van der Waals surface area contributed by atoms with Crippen LogP contribution in [0.2, 0.25) is 0 Å². The van der Waals surface area contributed by atoms with E-state index in [0.717, 1.165) is 25.2 Å². The van der Waals surface area contributed by atoms with Gasteiger partial charge in [0, 0.05) is 23.3 Å². The molecule has 4 nitrogen and oxygen atoms in total. The average Bonchev–Trinajstić information content (AvgIpc) is 3.06. The molecule has 1 aromatic rings. The molecule has 1 N–H and O–H groups in total. The fourth-order valence-electron chi connectivity index (χ4n) is 3.58. The number of hydrogen-bond donors (Lipinski definition) is 1. The summed E-state index contributed by atoms with van der Waals surface area (Å²) in [6, 6.07) is 0. The quantitative estimate of drug-likeness (QED) is 0.901. The highest BCUT2D eigenvalue weighted by Gasteiger charge is 2.36. The Labute approximate surface area is 115 Å². The van der Waals surface area contributed by atoms with E-state index < -0.39 is 0 Å². The lowest BCUT2D eigenvalue weighted by Crippen LogP contribution is -2.47. The zero-order valence-corrected chi connectivity index (χ0v) is 12.1. The molecular formula is C15H24N4. The second kappa shape index (κ2) is 5.08. The molecule has 2 aliphatic rings. The lowest BCUT2D eigenvalue weighted by atomic mass is 9.96. The van der Waals surface area contributed by atoms with Crippen molar-refractivity contribution in [1.29, 1.82) is 0 Å². The molecule has 0 unspecified atom stereocenters. The van der Waals surface area contributed by atoms with Crippen LogP contribution in [-0.2, 0) is 12.8 Å². The first kappa shape index (κ1) is 12.9. The SMILES string of the molecule is CN(C)C1(CNc2ncnc3c2CCC3)CCCC1. The van der Waals surface area contributed by atoms with Gasteiger partial charge in [0.05, 0.1) is 0 Å². The van der Waals surface area contributed by atoms with Crippen molar-refractivity contribution >= 4 is 5.82 Å². The van der Waals surface area contributed by atoms with Gasteiger partial charge in [0.1, 0.15) is 12.1 Å². The molecular weight excluding hydrogens is 236 g/mol. The molecule has 1 saturated carbocycles. The number of anilines is 1. The van der Waals surface area contributed by atoms with Crippen LogP contribution in [0.5, 0.6) is 0 Å². The Morgan fingerprint density at radius 2 is 1.95 bits per heavy atom.